The Hall–Kier alpha value is -4.60. The van der Waals surface area contributed by atoms with Crippen molar-refractivity contribution in [3.05, 3.63) is 89.3 Å². The number of fused-ring (bicyclic) bond motifs is 1. The summed E-state index contributed by atoms with van der Waals surface area (Å²) in [5.74, 6) is 1.19. The van der Waals surface area contributed by atoms with Crippen molar-refractivity contribution in [2.75, 3.05) is 25.9 Å². The van der Waals surface area contributed by atoms with Crippen LogP contribution in [0.15, 0.2) is 61.1 Å². The minimum atomic E-state index is -0.389. The van der Waals surface area contributed by atoms with Crippen LogP contribution in [0, 0.1) is 6.92 Å². The Bertz CT molecular complexity index is 1500. The van der Waals surface area contributed by atoms with Crippen LogP contribution in [-0.2, 0) is 11.3 Å². The van der Waals surface area contributed by atoms with E-state index in [0.717, 1.165) is 40.6 Å². The maximum Gasteiger partial charge on any atom is 0.409 e. The number of nitrogen functional groups attached to an aromatic ring is 1. The minimum Gasteiger partial charge on any atom is -0.453 e. The van der Waals surface area contributed by atoms with Crippen LogP contribution >= 0.6 is 0 Å². The number of aryl methyl sites for hydroxylation is 1. The molecule has 0 unspecified atom stereocenters. The van der Waals surface area contributed by atoms with E-state index in [1.165, 1.54) is 7.11 Å². The molecule has 0 bridgehead atoms. The molecule has 0 saturated carbocycles. The summed E-state index contributed by atoms with van der Waals surface area (Å²) in [6.45, 7) is 5.42. The number of hydrogen-bond donors (Lipinski definition) is 1. The van der Waals surface area contributed by atoms with Gasteiger partial charge in [-0.3, -0.25) is 9.78 Å². The first-order chi connectivity index (χ1) is 19.3. The number of anilines is 1. The second kappa shape index (κ2) is 11.6. The van der Waals surface area contributed by atoms with Crippen LogP contribution in [-0.4, -0.2) is 61.9 Å². The van der Waals surface area contributed by atoms with E-state index in [2.05, 4.69) is 21.0 Å². The Labute approximate surface area is 233 Å². The number of ether oxygens (including phenoxy) is 1. The van der Waals surface area contributed by atoms with Gasteiger partial charge >= 0.3 is 6.09 Å². The van der Waals surface area contributed by atoms with E-state index >= 15 is 0 Å². The number of carbonyl (C=O) groups excluding carboxylic acids is 2. The molecule has 1 fully saturated rings. The number of likely N-dealkylation sites (tertiary alicyclic amines) is 1. The van der Waals surface area contributed by atoms with Crippen LogP contribution in [0.4, 0.5) is 10.6 Å². The highest BCUT2D eigenvalue weighted by Crippen LogP contribution is 2.29. The lowest BCUT2D eigenvalue weighted by Crippen LogP contribution is -2.37. The number of rotatable bonds is 6. The second-order valence-electron chi connectivity index (χ2n) is 10.1. The molecule has 0 aliphatic carbocycles. The van der Waals surface area contributed by atoms with Crippen molar-refractivity contribution >= 4 is 28.7 Å². The molecule has 1 saturated heterocycles. The Morgan fingerprint density at radius 2 is 1.85 bits per heavy atom. The number of methoxy groups -OCH3 is 1. The zero-order chi connectivity index (χ0) is 28.2. The summed E-state index contributed by atoms with van der Waals surface area (Å²) < 4.78 is 4.84. The highest BCUT2D eigenvalue weighted by molar-refractivity contribution is 5.98. The van der Waals surface area contributed by atoms with Gasteiger partial charge in [-0.15, -0.1) is 0 Å². The van der Waals surface area contributed by atoms with E-state index in [1.54, 1.807) is 34.3 Å². The lowest BCUT2D eigenvalue weighted by molar-refractivity contribution is 0.0663. The number of carbonyl (C=O) groups is 2. The molecule has 1 aliphatic rings. The zero-order valence-electron chi connectivity index (χ0n) is 22.9. The van der Waals surface area contributed by atoms with E-state index in [9.17, 15) is 9.59 Å². The van der Waals surface area contributed by atoms with Crippen LogP contribution in [0.2, 0.25) is 0 Å². The number of amides is 2. The SMILES string of the molecule is COC(=O)N1CCC(c2ccc(CN(C(=O)c3ccc4nc(N)c(C)cc4c3)[C@H](C)c3ncccn3)nc2)CC1. The number of hydrogen-bond acceptors (Lipinski definition) is 8. The van der Waals surface area contributed by atoms with Crippen LogP contribution in [0.1, 0.15) is 64.7 Å². The molecule has 40 heavy (non-hydrogen) atoms. The molecule has 0 radical (unpaired) electrons. The third-order valence-corrected chi connectivity index (χ3v) is 7.56. The quantitative estimate of drug-likeness (QED) is 0.375. The van der Waals surface area contributed by atoms with Crippen molar-refractivity contribution in [3.63, 3.8) is 0 Å². The number of nitrogens with zero attached hydrogens (tertiary/aromatic N) is 6. The molecule has 1 aliphatic heterocycles. The van der Waals surface area contributed by atoms with Crippen LogP contribution < -0.4 is 5.73 Å². The normalized spacial score (nSPS) is 14.6. The maximum absolute atomic E-state index is 13.9. The van der Waals surface area contributed by atoms with Gasteiger partial charge in [0.1, 0.15) is 11.6 Å². The lowest BCUT2D eigenvalue weighted by atomic mass is 9.90. The predicted molar refractivity (Wildman–Crippen MR) is 151 cm³/mol. The van der Waals surface area contributed by atoms with Gasteiger partial charge in [0.05, 0.1) is 30.9 Å². The summed E-state index contributed by atoms with van der Waals surface area (Å²) in [6.07, 6.45) is 6.66. The van der Waals surface area contributed by atoms with Gasteiger partial charge in [-0.05, 0) is 80.1 Å². The molecule has 1 atom stereocenters. The van der Waals surface area contributed by atoms with Crippen LogP contribution in [0.25, 0.3) is 10.9 Å². The number of nitrogens with two attached hydrogens (primary N) is 1. The molecular weight excluding hydrogens is 506 g/mol. The average Bonchev–Trinajstić information content (AvgIpc) is 3.00. The highest BCUT2D eigenvalue weighted by Gasteiger charge is 2.27. The van der Waals surface area contributed by atoms with Gasteiger partial charge in [0.25, 0.3) is 5.91 Å². The summed E-state index contributed by atoms with van der Waals surface area (Å²) in [5.41, 5.74) is 10.0. The van der Waals surface area contributed by atoms with E-state index in [1.807, 2.05) is 44.3 Å². The third kappa shape index (κ3) is 5.70. The van der Waals surface area contributed by atoms with Gasteiger partial charge in [0.2, 0.25) is 0 Å². The molecule has 3 aromatic heterocycles. The Morgan fingerprint density at radius 1 is 1.10 bits per heavy atom. The minimum absolute atomic E-state index is 0.155. The highest BCUT2D eigenvalue weighted by atomic mass is 16.5. The Balaban J connectivity index is 1.38. The molecule has 206 valence electrons. The molecule has 2 N–H and O–H groups in total. The van der Waals surface area contributed by atoms with E-state index in [-0.39, 0.29) is 24.6 Å². The molecule has 10 heteroatoms. The van der Waals surface area contributed by atoms with Crippen molar-refractivity contribution in [3.8, 4) is 0 Å². The summed E-state index contributed by atoms with van der Waals surface area (Å²) >= 11 is 0. The topological polar surface area (TPSA) is 127 Å². The number of pyridine rings is 2. The number of aromatic nitrogens is 4. The van der Waals surface area contributed by atoms with Crippen LogP contribution in [0.5, 0.6) is 0 Å². The average molecular weight is 540 g/mol. The van der Waals surface area contributed by atoms with Gasteiger partial charge in [0, 0.05) is 42.6 Å². The van der Waals surface area contributed by atoms with Gasteiger partial charge in [-0.2, -0.15) is 0 Å². The molecule has 4 aromatic rings. The largest absolute Gasteiger partial charge is 0.453 e. The summed E-state index contributed by atoms with van der Waals surface area (Å²) in [7, 11) is 1.41. The third-order valence-electron chi connectivity index (χ3n) is 7.56. The first-order valence-corrected chi connectivity index (χ1v) is 13.4. The maximum atomic E-state index is 13.9. The van der Waals surface area contributed by atoms with E-state index in [4.69, 9.17) is 15.5 Å². The van der Waals surface area contributed by atoms with E-state index < -0.39 is 0 Å². The van der Waals surface area contributed by atoms with Gasteiger partial charge < -0.3 is 20.3 Å². The fraction of sp³-hybridized carbons (Fsp3) is 0.333. The standard InChI is InChI=1S/C30H33N7O3/c1-19-15-24-16-22(6-8-26(24)35-27(19)31)29(38)37(20(2)28-32-11-4-12-33-28)18-25-7-5-23(17-34-25)21-9-13-36(14-10-21)30(39)40-3/h4-8,11-12,15-17,20-21H,9-10,13-14,18H2,1-3H3,(H2,31,35)/t20-/m1/s1. The molecule has 0 spiro atoms. The molecule has 2 amide bonds. The fourth-order valence-electron chi connectivity index (χ4n) is 5.12. The molecular formula is C30H33N7O3. The smallest absolute Gasteiger partial charge is 0.409 e. The second-order valence-corrected chi connectivity index (χ2v) is 10.1. The van der Waals surface area contributed by atoms with Crippen molar-refractivity contribution in [1.82, 2.24) is 29.7 Å². The number of benzene rings is 1. The summed E-state index contributed by atoms with van der Waals surface area (Å²) in [4.78, 5) is 47.2. The number of piperidine rings is 1. The van der Waals surface area contributed by atoms with E-state index in [0.29, 0.717) is 36.2 Å². The molecule has 5 rings (SSSR count). The summed E-state index contributed by atoms with van der Waals surface area (Å²) in [5, 5.41) is 0.849. The molecule has 10 nitrogen and oxygen atoms in total. The fourth-order valence-corrected chi connectivity index (χ4v) is 5.12. The lowest BCUT2D eigenvalue weighted by Gasteiger charge is -2.31. The van der Waals surface area contributed by atoms with Gasteiger partial charge in [0.15, 0.2) is 0 Å². The van der Waals surface area contributed by atoms with Crippen molar-refractivity contribution in [2.24, 2.45) is 0 Å². The monoisotopic (exact) mass is 539 g/mol. The van der Waals surface area contributed by atoms with Crippen molar-refractivity contribution in [2.45, 2.75) is 45.2 Å². The summed E-state index contributed by atoms with van der Waals surface area (Å²) in [6, 6.07) is 12.8. The zero-order valence-corrected chi connectivity index (χ0v) is 22.9. The predicted octanol–water partition coefficient (Wildman–Crippen LogP) is 4.66. The van der Waals surface area contributed by atoms with Gasteiger partial charge in [-0.25, -0.2) is 19.7 Å². The van der Waals surface area contributed by atoms with Crippen LogP contribution in [0.3, 0.4) is 0 Å². The molecule has 1 aromatic carbocycles. The Kier molecular flexibility index (Phi) is 7.86. The van der Waals surface area contributed by atoms with Crippen molar-refractivity contribution in [1.29, 1.82) is 0 Å². The van der Waals surface area contributed by atoms with Gasteiger partial charge in [-0.1, -0.05) is 6.07 Å². The first-order valence-electron chi connectivity index (χ1n) is 13.4. The first kappa shape index (κ1) is 27.0. The Morgan fingerprint density at radius 3 is 2.52 bits per heavy atom. The van der Waals surface area contributed by atoms with Crippen molar-refractivity contribution < 1.29 is 14.3 Å². The molecule has 4 heterocycles.